The van der Waals surface area contributed by atoms with Gasteiger partial charge in [-0.15, -0.1) is 10.2 Å². The van der Waals surface area contributed by atoms with Crippen LogP contribution in [0.25, 0.3) is 0 Å². The summed E-state index contributed by atoms with van der Waals surface area (Å²) in [5.74, 6) is 0.0563. The van der Waals surface area contributed by atoms with E-state index < -0.39 is 5.92 Å². The zero-order valence-corrected chi connectivity index (χ0v) is 16.8. The highest BCUT2D eigenvalue weighted by Gasteiger charge is 2.31. The Bertz CT molecular complexity index is 916. The van der Waals surface area contributed by atoms with Crippen LogP contribution < -0.4 is 5.32 Å². The van der Waals surface area contributed by atoms with Gasteiger partial charge in [0, 0.05) is 32.6 Å². The average molecular weight is 415 g/mol. The van der Waals surface area contributed by atoms with Crippen molar-refractivity contribution in [3.63, 3.8) is 0 Å². The maximum atomic E-state index is 13.3. The first-order valence-corrected chi connectivity index (χ1v) is 10.4. The second-order valence-corrected chi connectivity index (χ2v) is 7.74. The van der Waals surface area contributed by atoms with E-state index in [9.17, 15) is 14.0 Å². The van der Waals surface area contributed by atoms with Crippen LogP contribution in [0.4, 0.5) is 4.39 Å². The first-order valence-electron chi connectivity index (χ1n) is 10.4. The van der Waals surface area contributed by atoms with Gasteiger partial charge < -0.3 is 19.5 Å². The number of aryl methyl sites for hydroxylation is 1. The molecule has 30 heavy (non-hydrogen) atoms. The summed E-state index contributed by atoms with van der Waals surface area (Å²) in [4.78, 5) is 27.4. The molecule has 0 aliphatic carbocycles. The fourth-order valence-corrected chi connectivity index (χ4v) is 3.93. The molecule has 160 valence electrons. The number of nitrogens with one attached hydrogen (secondary N) is 1. The molecule has 4 rings (SSSR count). The van der Waals surface area contributed by atoms with Crippen molar-refractivity contribution in [3.05, 3.63) is 47.3 Å². The Morgan fingerprint density at radius 2 is 2.13 bits per heavy atom. The predicted molar refractivity (Wildman–Crippen MR) is 106 cm³/mol. The van der Waals surface area contributed by atoms with Crippen molar-refractivity contribution in [3.8, 4) is 0 Å². The van der Waals surface area contributed by atoms with E-state index in [1.54, 1.807) is 11.0 Å². The van der Waals surface area contributed by atoms with E-state index in [4.69, 9.17) is 4.74 Å². The van der Waals surface area contributed by atoms with Crippen molar-refractivity contribution < 1.29 is 18.7 Å². The summed E-state index contributed by atoms with van der Waals surface area (Å²) in [5, 5.41) is 11.1. The van der Waals surface area contributed by atoms with Crippen LogP contribution in [0.5, 0.6) is 0 Å². The molecule has 1 fully saturated rings. The molecule has 2 aliphatic heterocycles. The fourth-order valence-electron chi connectivity index (χ4n) is 3.93. The van der Waals surface area contributed by atoms with Crippen molar-refractivity contribution in [2.75, 3.05) is 32.8 Å². The number of carbonyl (C=O) groups is 2. The third-order valence-corrected chi connectivity index (χ3v) is 5.58. The average Bonchev–Trinajstić information content (AvgIpc) is 3.02. The summed E-state index contributed by atoms with van der Waals surface area (Å²) in [7, 11) is 0. The Balaban J connectivity index is 1.35. The fraction of sp³-hybridized carbons (Fsp3) is 0.524. The van der Waals surface area contributed by atoms with Gasteiger partial charge in [0.05, 0.1) is 19.1 Å². The Morgan fingerprint density at radius 3 is 3.00 bits per heavy atom. The van der Waals surface area contributed by atoms with Crippen molar-refractivity contribution >= 4 is 11.8 Å². The lowest BCUT2D eigenvalue weighted by Gasteiger charge is -2.23. The largest absolute Gasteiger partial charge is 0.379 e. The highest BCUT2D eigenvalue weighted by atomic mass is 19.1. The van der Waals surface area contributed by atoms with Gasteiger partial charge in [-0.2, -0.15) is 0 Å². The molecule has 1 atom stereocenters. The monoisotopic (exact) mass is 415 g/mol. The minimum Gasteiger partial charge on any atom is -0.379 e. The van der Waals surface area contributed by atoms with Crippen molar-refractivity contribution in [1.29, 1.82) is 0 Å². The van der Waals surface area contributed by atoms with Gasteiger partial charge in [-0.3, -0.25) is 9.59 Å². The molecule has 1 saturated heterocycles. The molecular formula is C21H26FN5O3. The van der Waals surface area contributed by atoms with Crippen LogP contribution in [-0.4, -0.2) is 64.3 Å². The van der Waals surface area contributed by atoms with Crippen LogP contribution in [0.2, 0.25) is 0 Å². The van der Waals surface area contributed by atoms with Gasteiger partial charge in [-0.05, 0) is 37.0 Å². The third-order valence-electron chi connectivity index (χ3n) is 5.58. The number of carbonyl (C=O) groups excluding carboxylic acids is 2. The zero-order chi connectivity index (χ0) is 20.9. The minimum atomic E-state index is -0.465. The van der Waals surface area contributed by atoms with Gasteiger partial charge in [0.15, 0.2) is 0 Å². The van der Waals surface area contributed by atoms with Crippen LogP contribution in [0.15, 0.2) is 24.3 Å². The summed E-state index contributed by atoms with van der Waals surface area (Å²) in [6, 6.07) is 6.33. The molecule has 0 spiro atoms. The number of nitrogens with zero attached hydrogens (tertiary/aromatic N) is 4. The maximum Gasteiger partial charge on any atom is 0.291 e. The standard InChI is InChI=1S/C21H26FN5O3/c22-17-5-3-4-15(12-17)7-8-23-20(28)16-13-26(10-11-30-14-16)21(29)19-25-24-18-6-1-2-9-27(18)19/h3-5,12,16H,1-2,6-11,13-14H2,(H,23,28). The van der Waals surface area contributed by atoms with Gasteiger partial charge in [0.2, 0.25) is 11.7 Å². The Labute approximate surface area is 174 Å². The van der Waals surface area contributed by atoms with Crippen LogP contribution in [0.1, 0.15) is 34.8 Å². The van der Waals surface area contributed by atoms with E-state index in [2.05, 4.69) is 15.5 Å². The maximum absolute atomic E-state index is 13.3. The third kappa shape index (κ3) is 4.67. The van der Waals surface area contributed by atoms with Crippen LogP contribution in [0.3, 0.4) is 0 Å². The highest BCUT2D eigenvalue weighted by Crippen LogP contribution is 2.17. The number of halogens is 1. The van der Waals surface area contributed by atoms with E-state index in [0.29, 0.717) is 31.9 Å². The number of hydrogen-bond acceptors (Lipinski definition) is 5. The summed E-state index contributed by atoms with van der Waals surface area (Å²) < 4.78 is 20.7. The Kier molecular flexibility index (Phi) is 6.37. The SMILES string of the molecule is O=C(NCCc1cccc(F)c1)C1COCCN(C(=O)c2nnc3n2CCCC3)C1. The van der Waals surface area contributed by atoms with Crippen LogP contribution >= 0.6 is 0 Å². The molecule has 1 aromatic heterocycles. The van der Waals surface area contributed by atoms with Gasteiger partial charge in [0.1, 0.15) is 11.6 Å². The molecule has 0 saturated carbocycles. The van der Waals surface area contributed by atoms with Gasteiger partial charge in [-0.1, -0.05) is 12.1 Å². The number of amides is 2. The summed E-state index contributed by atoms with van der Waals surface area (Å²) >= 11 is 0. The van der Waals surface area contributed by atoms with Crippen molar-refractivity contribution in [2.24, 2.45) is 5.92 Å². The Morgan fingerprint density at radius 1 is 1.23 bits per heavy atom. The molecule has 0 bridgehead atoms. The first-order chi connectivity index (χ1) is 14.6. The summed E-state index contributed by atoms with van der Waals surface area (Å²) in [6.45, 7) is 2.45. The number of aromatic nitrogens is 3. The van der Waals surface area contributed by atoms with E-state index in [1.165, 1.54) is 12.1 Å². The lowest BCUT2D eigenvalue weighted by atomic mass is 10.1. The number of fused-ring (bicyclic) bond motifs is 1. The normalized spacial score (nSPS) is 19.1. The smallest absolute Gasteiger partial charge is 0.291 e. The molecule has 0 radical (unpaired) electrons. The molecular weight excluding hydrogens is 389 g/mol. The predicted octanol–water partition coefficient (Wildman–Crippen LogP) is 1.20. The molecule has 1 aromatic carbocycles. The molecule has 2 amide bonds. The van der Waals surface area contributed by atoms with Crippen molar-refractivity contribution in [2.45, 2.75) is 32.2 Å². The van der Waals surface area contributed by atoms with Crippen LogP contribution in [-0.2, 0) is 28.9 Å². The lowest BCUT2D eigenvalue weighted by molar-refractivity contribution is -0.126. The first kappa shape index (κ1) is 20.5. The van der Waals surface area contributed by atoms with E-state index in [1.807, 2.05) is 10.6 Å². The molecule has 2 aliphatic rings. The van der Waals surface area contributed by atoms with Gasteiger partial charge >= 0.3 is 0 Å². The second-order valence-electron chi connectivity index (χ2n) is 7.74. The minimum absolute atomic E-state index is 0.172. The van der Waals surface area contributed by atoms with E-state index in [-0.39, 0.29) is 30.8 Å². The van der Waals surface area contributed by atoms with Gasteiger partial charge in [0.25, 0.3) is 5.91 Å². The van der Waals surface area contributed by atoms with Gasteiger partial charge in [-0.25, -0.2) is 4.39 Å². The van der Waals surface area contributed by atoms with Crippen molar-refractivity contribution in [1.82, 2.24) is 25.0 Å². The lowest BCUT2D eigenvalue weighted by Crippen LogP contribution is -2.43. The van der Waals surface area contributed by atoms with E-state index in [0.717, 1.165) is 37.2 Å². The summed E-state index contributed by atoms with van der Waals surface area (Å²) in [5.41, 5.74) is 0.820. The molecule has 8 nitrogen and oxygen atoms in total. The Hall–Kier alpha value is -2.81. The molecule has 9 heteroatoms. The zero-order valence-electron chi connectivity index (χ0n) is 16.8. The highest BCUT2D eigenvalue weighted by molar-refractivity contribution is 5.91. The number of hydrogen-bond donors (Lipinski definition) is 1. The molecule has 1 N–H and O–H groups in total. The molecule has 2 aromatic rings. The molecule has 1 unspecified atom stereocenters. The molecule has 3 heterocycles. The summed E-state index contributed by atoms with van der Waals surface area (Å²) in [6.07, 6.45) is 3.43. The number of ether oxygens (including phenoxy) is 1. The quantitative estimate of drug-likeness (QED) is 0.793. The second kappa shape index (κ2) is 9.34. The number of rotatable bonds is 5. The topological polar surface area (TPSA) is 89.3 Å². The number of benzene rings is 1. The van der Waals surface area contributed by atoms with E-state index >= 15 is 0 Å². The van der Waals surface area contributed by atoms with Crippen LogP contribution in [0, 0.1) is 11.7 Å².